The number of nitrogens with one attached hydrogen (secondary N) is 1. The van der Waals surface area contributed by atoms with Crippen molar-refractivity contribution in [3.63, 3.8) is 0 Å². The summed E-state index contributed by atoms with van der Waals surface area (Å²) >= 11 is 11.7. The first-order valence-corrected chi connectivity index (χ1v) is 6.72. The number of carboxylic acid groups (broad SMARTS) is 1. The molecule has 0 heterocycles. The van der Waals surface area contributed by atoms with Gasteiger partial charge in [0.1, 0.15) is 5.69 Å². The summed E-state index contributed by atoms with van der Waals surface area (Å²) in [6.07, 6.45) is 2.09. The Hall–Kier alpha value is -1.53. The van der Waals surface area contributed by atoms with Gasteiger partial charge in [0.2, 0.25) is 0 Å². The second-order valence-corrected chi connectivity index (χ2v) is 5.68. The first-order chi connectivity index (χ1) is 9.33. The van der Waals surface area contributed by atoms with E-state index < -0.39 is 16.4 Å². The molecular weight excluding hydrogens is 307 g/mol. The first kappa shape index (κ1) is 14.9. The van der Waals surface area contributed by atoms with Crippen molar-refractivity contribution in [1.82, 2.24) is 0 Å². The molecule has 108 valence electrons. The minimum Gasteiger partial charge on any atom is -0.481 e. The van der Waals surface area contributed by atoms with Crippen molar-refractivity contribution in [2.24, 2.45) is 0 Å². The molecule has 1 aliphatic carbocycles. The third kappa shape index (κ3) is 2.96. The van der Waals surface area contributed by atoms with Gasteiger partial charge in [-0.2, -0.15) is 0 Å². The minimum atomic E-state index is -0.945. The highest BCUT2D eigenvalue weighted by Gasteiger charge is 2.40. The summed E-state index contributed by atoms with van der Waals surface area (Å²) < 4.78 is 0. The molecule has 0 aromatic heterocycles. The summed E-state index contributed by atoms with van der Waals surface area (Å²) in [4.78, 5) is 21.4. The van der Waals surface area contributed by atoms with E-state index in [0.717, 1.165) is 6.42 Å². The molecule has 20 heavy (non-hydrogen) atoms. The monoisotopic (exact) mass is 318 g/mol. The van der Waals surface area contributed by atoms with E-state index in [9.17, 15) is 14.9 Å². The van der Waals surface area contributed by atoms with Gasteiger partial charge >= 0.3 is 5.97 Å². The Morgan fingerprint density at radius 1 is 1.40 bits per heavy atom. The van der Waals surface area contributed by atoms with Crippen LogP contribution in [0.5, 0.6) is 0 Å². The van der Waals surface area contributed by atoms with Crippen LogP contribution < -0.4 is 5.32 Å². The Balaban J connectivity index is 2.34. The van der Waals surface area contributed by atoms with Crippen molar-refractivity contribution < 1.29 is 14.8 Å². The lowest BCUT2D eigenvalue weighted by atomic mass is 9.74. The SMILES string of the molecule is O=C(O)CC1(Nc2cc(Cl)c(Cl)cc2[N+](=O)[O-])CCC1. The highest BCUT2D eigenvalue weighted by Crippen LogP contribution is 2.42. The van der Waals surface area contributed by atoms with Gasteiger partial charge in [0.15, 0.2) is 0 Å². The van der Waals surface area contributed by atoms with E-state index >= 15 is 0 Å². The van der Waals surface area contributed by atoms with Crippen molar-refractivity contribution in [3.8, 4) is 0 Å². The Bertz CT molecular complexity index is 573. The maximum absolute atomic E-state index is 11.0. The van der Waals surface area contributed by atoms with Crippen LogP contribution in [0.25, 0.3) is 0 Å². The molecule has 0 radical (unpaired) electrons. The Kier molecular flexibility index (Phi) is 4.06. The zero-order valence-electron chi connectivity index (χ0n) is 10.4. The van der Waals surface area contributed by atoms with Crippen molar-refractivity contribution >= 4 is 40.5 Å². The highest BCUT2D eigenvalue weighted by molar-refractivity contribution is 6.42. The molecule has 2 rings (SSSR count). The van der Waals surface area contributed by atoms with Gasteiger partial charge in [-0.3, -0.25) is 14.9 Å². The van der Waals surface area contributed by atoms with E-state index in [1.807, 2.05) is 0 Å². The maximum Gasteiger partial charge on any atom is 0.305 e. The third-order valence-electron chi connectivity index (χ3n) is 3.44. The number of carbonyl (C=O) groups is 1. The predicted octanol–water partition coefficient (Wildman–Crippen LogP) is 3.71. The molecular formula is C12H12Cl2N2O4. The van der Waals surface area contributed by atoms with E-state index in [2.05, 4.69) is 5.32 Å². The van der Waals surface area contributed by atoms with E-state index in [1.165, 1.54) is 12.1 Å². The largest absolute Gasteiger partial charge is 0.481 e. The average molecular weight is 319 g/mol. The molecule has 2 N–H and O–H groups in total. The quantitative estimate of drug-likeness (QED) is 0.637. The molecule has 0 aliphatic heterocycles. The van der Waals surface area contributed by atoms with Crippen molar-refractivity contribution in [2.75, 3.05) is 5.32 Å². The zero-order valence-corrected chi connectivity index (χ0v) is 11.9. The Morgan fingerprint density at radius 2 is 2.00 bits per heavy atom. The molecule has 8 heteroatoms. The van der Waals surface area contributed by atoms with Crippen LogP contribution in [0.4, 0.5) is 11.4 Å². The molecule has 6 nitrogen and oxygen atoms in total. The number of hydrogen-bond donors (Lipinski definition) is 2. The first-order valence-electron chi connectivity index (χ1n) is 5.96. The van der Waals surface area contributed by atoms with Crippen LogP contribution in [0.3, 0.4) is 0 Å². The number of anilines is 1. The molecule has 1 aliphatic rings. The number of nitro groups is 1. The lowest BCUT2D eigenvalue weighted by Gasteiger charge is -2.42. The number of nitro benzene ring substituents is 1. The molecule has 1 fully saturated rings. The number of carboxylic acids is 1. The van der Waals surface area contributed by atoms with Gasteiger partial charge in [-0.15, -0.1) is 0 Å². The number of halogens is 2. The number of nitrogens with zero attached hydrogens (tertiary/aromatic N) is 1. The number of aliphatic carboxylic acids is 1. The van der Waals surface area contributed by atoms with Crippen LogP contribution in [0.15, 0.2) is 12.1 Å². The molecule has 1 aromatic carbocycles. The van der Waals surface area contributed by atoms with Gasteiger partial charge in [-0.05, 0) is 25.3 Å². The van der Waals surface area contributed by atoms with Crippen LogP contribution in [0.1, 0.15) is 25.7 Å². The van der Waals surface area contributed by atoms with Crippen LogP contribution in [0.2, 0.25) is 10.0 Å². The highest BCUT2D eigenvalue weighted by atomic mass is 35.5. The summed E-state index contributed by atoms with van der Waals surface area (Å²) in [7, 11) is 0. The maximum atomic E-state index is 11.0. The van der Waals surface area contributed by atoms with Crippen LogP contribution in [-0.2, 0) is 4.79 Å². The van der Waals surface area contributed by atoms with Crippen molar-refractivity contribution in [1.29, 1.82) is 0 Å². The van der Waals surface area contributed by atoms with Crippen LogP contribution >= 0.6 is 23.2 Å². The summed E-state index contributed by atoms with van der Waals surface area (Å²) in [6, 6.07) is 2.53. The summed E-state index contributed by atoms with van der Waals surface area (Å²) in [5.41, 5.74) is -0.658. The summed E-state index contributed by atoms with van der Waals surface area (Å²) in [5, 5.41) is 23.2. The predicted molar refractivity (Wildman–Crippen MR) is 75.6 cm³/mol. The normalized spacial score (nSPS) is 16.3. The van der Waals surface area contributed by atoms with Gasteiger partial charge in [0.25, 0.3) is 5.69 Å². The van der Waals surface area contributed by atoms with E-state index in [0.29, 0.717) is 12.8 Å². The minimum absolute atomic E-state index is 0.0878. The topological polar surface area (TPSA) is 92.5 Å². The summed E-state index contributed by atoms with van der Waals surface area (Å²) in [6.45, 7) is 0. The fourth-order valence-electron chi connectivity index (χ4n) is 2.31. The Labute approximate surface area is 124 Å². The molecule has 0 spiro atoms. The van der Waals surface area contributed by atoms with Gasteiger partial charge in [0, 0.05) is 11.6 Å². The van der Waals surface area contributed by atoms with Crippen molar-refractivity contribution in [3.05, 3.63) is 32.3 Å². The fraction of sp³-hybridized carbons (Fsp3) is 0.417. The molecule has 0 saturated heterocycles. The fourth-order valence-corrected chi connectivity index (χ4v) is 2.63. The molecule has 0 unspecified atom stereocenters. The number of benzene rings is 1. The second-order valence-electron chi connectivity index (χ2n) is 4.87. The van der Waals surface area contributed by atoms with Crippen LogP contribution in [-0.4, -0.2) is 21.5 Å². The lowest BCUT2D eigenvalue weighted by molar-refractivity contribution is -0.384. The lowest BCUT2D eigenvalue weighted by Crippen LogP contribution is -2.46. The van der Waals surface area contributed by atoms with Crippen LogP contribution in [0, 0.1) is 10.1 Å². The second kappa shape index (κ2) is 5.46. The molecule has 1 saturated carbocycles. The molecule has 0 atom stereocenters. The standard InChI is InChI=1S/C12H12Cl2N2O4/c13-7-4-9(10(16(19)20)5-8(7)14)15-12(2-1-3-12)6-11(17)18/h4-5,15H,1-3,6H2,(H,17,18). The van der Waals surface area contributed by atoms with Gasteiger partial charge < -0.3 is 10.4 Å². The smallest absolute Gasteiger partial charge is 0.305 e. The molecule has 0 amide bonds. The number of hydrogen-bond acceptors (Lipinski definition) is 4. The molecule has 1 aromatic rings. The third-order valence-corrected chi connectivity index (χ3v) is 4.16. The van der Waals surface area contributed by atoms with Crippen molar-refractivity contribution in [2.45, 2.75) is 31.2 Å². The Morgan fingerprint density at radius 3 is 2.45 bits per heavy atom. The van der Waals surface area contributed by atoms with E-state index in [1.54, 1.807) is 0 Å². The average Bonchev–Trinajstić information content (AvgIpc) is 2.29. The summed E-state index contributed by atoms with van der Waals surface area (Å²) in [5.74, 6) is -0.945. The number of rotatable bonds is 5. The van der Waals surface area contributed by atoms with E-state index in [4.69, 9.17) is 28.3 Å². The van der Waals surface area contributed by atoms with E-state index in [-0.39, 0.29) is 27.8 Å². The molecule has 0 bridgehead atoms. The van der Waals surface area contributed by atoms with Gasteiger partial charge in [-0.1, -0.05) is 23.2 Å². The van der Waals surface area contributed by atoms with Gasteiger partial charge in [0.05, 0.1) is 21.4 Å². The van der Waals surface area contributed by atoms with Gasteiger partial charge in [-0.25, -0.2) is 0 Å². The zero-order chi connectivity index (χ0) is 14.9.